The van der Waals surface area contributed by atoms with Crippen LogP contribution in [0.2, 0.25) is 0 Å². The Bertz CT molecular complexity index is 313. The second-order valence-electron chi connectivity index (χ2n) is 3.27. The number of nitrogen functional groups attached to an aromatic ring is 1. The Balaban J connectivity index is 3.08. The largest absolute Gasteiger partial charge is 0.368 e. The fourth-order valence-corrected chi connectivity index (χ4v) is 1.01. The topological polar surface area (TPSA) is 68.9 Å². The summed E-state index contributed by atoms with van der Waals surface area (Å²) in [5.41, 5.74) is 6.54. The van der Waals surface area contributed by atoms with Crippen LogP contribution in [0.5, 0.6) is 0 Å². The molecule has 0 spiro atoms. The van der Waals surface area contributed by atoms with Crippen molar-refractivity contribution in [2.24, 2.45) is 5.92 Å². The van der Waals surface area contributed by atoms with Gasteiger partial charge in [0, 0.05) is 11.6 Å². The summed E-state index contributed by atoms with van der Waals surface area (Å²) < 4.78 is 0. The third-order valence-electron chi connectivity index (χ3n) is 1.65. The number of aryl methyl sites for hydroxylation is 1. The van der Waals surface area contributed by atoms with Crippen molar-refractivity contribution in [2.45, 2.75) is 20.8 Å². The second kappa shape index (κ2) is 3.51. The lowest BCUT2D eigenvalue weighted by atomic mass is 10.1. The number of nitrogens with zero attached hydrogens (tertiary/aromatic N) is 2. The van der Waals surface area contributed by atoms with Crippen LogP contribution in [0.4, 0.5) is 5.95 Å². The predicted molar refractivity (Wildman–Crippen MR) is 50.3 cm³/mol. The summed E-state index contributed by atoms with van der Waals surface area (Å²) in [4.78, 5) is 19.3. The number of carbonyl (C=O) groups excluding carboxylic acids is 1. The predicted octanol–water partition coefficient (Wildman–Crippen LogP) is 1.21. The number of hydrogen-bond donors (Lipinski definition) is 1. The van der Waals surface area contributed by atoms with Gasteiger partial charge in [0.2, 0.25) is 5.95 Å². The van der Waals surface area contributed by atoms with E-state index in [4.69, 9.17) is 5.73 Å². The Morgan fingerprint density at radius 2 is 2.08 bits per heavy atom. The Labute approximate surface area is 77.2 Å². The minimum absolute atomic E-state index is 0.00259. The molecular formula is C9H13N3O. The molecule has 70 valence electrons. The number of hydrogen-bond acceptors (Lipinski definition) is 4. The molecule has 2 N–H and O–H groups in total. The Kier molecular flexibility index (Phi) is 2.60. The summed E-state index contributed by atoms with van der Waals surface area (Å²) in [5, 5.41) is 0. The Morgan fingerprint density at radius 1 is 1.46 bits per heavy atom. The molecule has 1 heterocycles. The van der Waals surface area contributed by atoms with Gasteiger partial charge >= 0.3 is 0 Å². The first kappa shape index (κ1) is 9.64. The monoisotopic (exact) mass is 179 g/mol. The molecule has 0 aliphatic rings. The molecule has 1 aromatic heterocycles. The van der Waals surface area contributed by atoms with Crippen LogP contribution >= 0.6 is 0 Å². The van der Waals surface area contributed by atoms with E-state index < -0.39 is 0 Å². The fourth-order valence-electron chi connectivity index (χ4n) is 1.01. The van der Waals surface area contributed by atoms with Crippen LogP contribution in [-0.4, -0.2) is 15.8 Å². The normalized spacial score (nSPS) is 10.5. The van der Waals surface area contributed by atoms with E-state index in [0.29, 0.717) is 5.69 Å². The molecule has 4 nitrogen and oxygen atoms in total. The lowest BCUT2D eigenvalue weighted by molar-refractivity contribution is 0.0934. The molecule has 1 rings (SSSR count). The zero-order valence-corrected chi connectivity index (χ0v) is 8.03. The molecule has 0 unspecified atom stereocenters. The SMILES string of the molecule is Cc1cc(C(=O)C(C)C)nc(N)n1. The van der Waals surface area contributed by atoms with Gasteiger partial charge < -0.3 is 5.73 Å². The number of carbonyl (C=O) groups is 1. The first-order valence-electron chi connectivity index (χ1n) is 4.16. The van der Waals surface area contributed by atoms with Crippen molar-refractivity contribution in [2.75, 3.05) is 5.73 Å². The molecule has 13 heavy (non-hydrogen) atoms. The van der Waals surface area contributed by atoms with Crippen molar-refractivity contribution in [3.63, 3.8) is 0 Å². The average molecular weight is 179 g/mol. The van der Waals surface area contributed by atoms with Crippen LogP contribution in [0.1, 0.15) is 30.0 Å². The second-order valence-corrected chi connectivity index (χ2v) is 3.27. The molecule has 0 saturated carbocycles. The first-order chi connectivity index (χ1) is 6.00. The van der Waals surface area contributed by atoms with Crippen LogP contribution < -0.4 is 5.73 Å². The molecule has 0 aromatic carbocycles. The van der Waals surface area contributed by atoms with Crippen molar-refractivity contribution in [1.82, 2.24) is 9.97 Å². The van der Waals surface area contributed by atoms with E-state index in [9.17, 15) is 4.79 Å². The molecule has 0 aliphatic carbocycles. The number of aromatic nitrogens is 2. The van der Waals surface area contributed by atoms with Crippen molar-refractivity contribution < 1.29 is 4.79 Å². The number of rotatable bonds is 2. The summed E-state index contributed by atoms with van der Waals surface area (Å²) in [6, 6.07) is 1.65. The summed E-state index contributed by atoms with van der Waals surface area (Å²) in [6.45, 7) is 5.45. The van der Waals surface area contributed by atoms with Gasteiger partial charge in [0.1, 0.15) is 5.69 Å². The van der Waals surface area contributed by atoms with E-state index in [1.807, 2.05) is 13.8 Å². The standard InChI is InChI=1S/C9H13N3O/c1-5(2)8(13)7-4-6(3)11-9(10)12-7/h4-5H,1-3H3,(H2,10,11,12). The van der Waals surface area contributed by atoms with E-state index in [0.717, 1.165) is 5.69 Å². The van der Waals surface area contributed by atoms with Crippen molar-refractivity contribution >= 4 is 11.7 Å². The van der Waals surface area contributed by atoms with Crippen LogP contribution in [0.15, 0.2) is 6.07 Å². The summed E-state index contributed by atoms with van der Waals surface area (Å²) in [6.07, 6.45) is 0. The van der Waals surface area contributed by atoms with Crippen LogP contribution in [-0.2, 0) is 0 Å². The highest BCUT2D eigenvalue weighted by Gasteiger charge is 2.12. The zero-order valence-electron chi connectivity index (χ0n) is 8.03. The lowest BCUT2D eigenvalue weighted by Gasteiger charge is -2.04. The molecule has 0 atom stereocenters. The quantitative estimate of drug-likeness (QED) is 0.693. The van der Waals surface area contributed by atoms with E-state index in [1.54, 1.807) is 13.0 Å². The maximum absolute atomic E-state index is 11.5. The minimum Gasteiger partial charge on any atom is -0.368 e. The van der Waals surface area contributed by atoms with Gasteiger partial charge in [-0.05, 0) is 13.0 Å². The van der Waals surface area contributed by atoms with Gasteiger partial charge in [-0.2, -0.15) is 0 Å². The third-order valence-corrected chi connectivity index (χ3v) is 1.65. The summed E-state index contributed by atoms with van der Waals surface area (Å²) in [5.74, 6) is 0.0925. The highest BCUT2D eigenvalue weighted by molar-refractivity contribution is 5.95. The molecule has 0 fully saturated rings. The van der Waals surface area contributed by atoms with Crippen molar-refractivity contribution in [1.29, 1.82) is 0 Å². The van der Waals surface area contributed by atoms with E-state index in [-0.39, 0.29) is 17.6 Å². The highest BCUT2D eigenvalue weighted by atomic mass is 16.1. The minimum atomic E-state index is -0.0614. The number of nitrogens with two attached hydrogens (primary N) is 1. The average Bonchev–Trinajstić information content (AvgIpc) is 2.01. The van der Waals surface area contributed by atoms with Crippen molar-refractivity contribution in [3.05, 3.63) is 17.5 Å². The van der Waals surface area contributed by atoms with E-state index in [2.05, 4.69) is 9.97 Å². The molecule has 0 bridgehead atoms. The summed E-state index contributed by atoms with van der Waals surface area (Å²) in [7, 11) is 0. The molecule has 0 aliphatic heterocycles. The maximum atomic E-state index is 11.5. The zero-order chi connectivity index (χ0) is 10.0. The number of Topliss-reactive ketones (excluding diaryl/α,β-unsaturated/α-hetero) is 1. The highest BCUT2D eigenvalue weighted by Crippen LogP contribution is 2.08. The van der Waals surface area contributed by atoms with E-state index in [1.165, 1.54) is 0 Å². The third kappa shape index (κ3) is 2.24. The Hall–Kier alpha value is -1.45. The molecular weight excluding hydrogens is 166 g/mol. The van der Waals surface area contributed by atoms with Gasteiger partial charge in [-0.1, -0.05) is 13.8 Å². The molecule has 0 amide bonds. The van der Waals surface area contributed by atoms with Gasteiger partial charge in [0.25, 0.3) is 0 Å². The molecule has 4 heteroatoms. The van der Waals surface area contributed by atoms with Gasteiger partial charge in [-0.25, -0.2) is 9.97 Å². The number of anilines is 1. The van der Waals surface area contributed by atoms with Crippen LogP contribution in [0.3, 0.4) is 0 Å². The number of ketones is 1. The van der Waals surface area contributed by atoms with Gasteiger partial charge in [-0.3, -0.25) is 4.79 Å². The van der Waals surface area contributed by atoms with E-state index >= 15 is 0 Å². The molecule has 0 radical (unpaired) electrons. The van der Waals surface area contributed by atoms with Crippen LogP contribution in [0, 0.1) is 12.8 Å². The van der Waals surface area contributed by atoms with Crippen LogP contribution in [0.25, 0.3) is 0 Å². The molecule has 1 aromatic rings. The van der Waals surface area contributed by atoms with Gasteiger partial charge in [-0.15, -0.1) is 0 Å². The lowest BCUT2D eigenvalue weighted by Crippen LogP contribution is -2.12. The first-order valence-corrected chi connectivity index (χ1v) is 4.16. The van der Waals surface area contributed by atoms with Gasteiger partial charge in [0.15, 0.2) is 5.78 Å². The van der Waals surface area contributed by atoms with Crippen molar-refractivity contribution in [3.8, 4) is 0 Å². The Morgan fingerprint density at radius 3 is 2.54 bits per heavy atom. The molecule has 0 saturated heterocycles. The fraction of sp³-hybridized carbons (Fsp3) is 0.444. The van der Waals surface area contributed by atoms with Gasteiger partial charge in [0.05, 0.1) is 0 Å². The summed E-state index contributed by atoms with van der Waals surface area (Å²) >= 11 is 0. The maximum Gasteiger partial charge on any atom is 0.220 e. The smallest absolute Gasteiger partial charge is 0.220 e.